The second kappa shape index (κ2) is 5.06. The van der Waals surface area contributed by atoms with E-state index in [0.717, 1.165) is 35.9 Å². The first-order valence-corrected chi connectivity index (χ1v) is 7.52. The van der Waals surface area contributed by atoms with Crippen molar-refractivity contribution in [3.63, 3.8) is 0 Å². The minimum atomic E-state index is -0.157. The Morgan fingerprint density at radius 3 is 2.68 bits per heavy atom. The molecule has 0 amide bonds. The lowest BCUT2D eigenvalue weighted by Gasteiger charge is -2.25. The fourth-order valence-electron chi connectivity index (χ4n) is 2.56. The summed E-state index contributed by atoms with van der Waals surface area (Å²) >= 11 is 1.68. The van der Waals surface area contributed by atoms with E-state index in [1.165, 1.54) is 10.4 Å². The van der Waals surface area contributed by atoms with E-state index in [-0.39, 0.29) is 12.2 Å². The molecule has 19 heavy (non-hydrogen) atoms. The zero-order valence-corrected chi connectivity index (χ0v) is 12.0. The number of thiophene rings is 1. The number of aliphatic hydroxyl groups excluding tert-OH is 1. The van der Waals surface area contributed by atoms with Crippen LogP contribution in [0.15, 0.2) is 6.33 Å². The Labute approximate surface area is 116 Å². The summed E-state index contributed by atoms with van der Waals surface area (Å²) in [5.41, 5.74) is 1.21. The van der Waals surface area contributed by atoms with Crippen LogP contribution in [-0.2, 0) is 0 Å². The van der Waals surface area contributed by atoms with Crippen LogP contribution in [0.1, 0.15) is 36.1 Å². The molecule has 4 nitrogen and oxygen atoms in total. The second-order valence-corrected chi connectivity index (χ2v) is 6.39. The molecule has 0 atom stereocenters. The molecule has 1 fully saturated rings. The summed E-state index contributed by atoms with van der Waals surface area (Å²) in [4.78, 5) is 10.9. The maximum absolute atomic E-state index is 9.53. The first kappa shape index (κ1) is 12.8. The summed E-state index contributed by atoms with van der Waals surface area (Å²) in [5.74, 6) is 0.702. The fraction of sp³-hybridized carbons (Fsp3) is 0.571. The molecular formula is C14H18N2O2S. The minimum Gasteiger partial charge on any atom is -0.474 e. The molecule has 0 bridgehead atoms. The van der Waals surface area contributed by atoms with Crippen molar-refractivity contribution in [2.75, 3.05) is 0 Å². The van der Waals surface area contributed by atoms with Crippen molar-refractivity contribution < 1.29 is 9.84 Å². The van der Waals surface area contributed by atoms with E-state index in [9.17, 15) is 5.11 Å². The molecule has 0 spiro atoms. The molecule has 3 rings (SSSR count). The van der Waals surface area contributed by atoms with Gasteiger partial charge in [-0.3, -0.25) is 0 Å². The number of aromatic nitrogens is 2. The quantitative estimate of drug-likeness (QED) is 0.917. The van der Waals surface area contributed by atoms with Crippen LogP contribution in [-0.4, -0.2) is 27.3 Å². The standard InChI is InChI=1S/C14H18N2O2S/c1-8-9(2)19-14-12(8)13(15-7-16-14)18-11-5-3-10(17)4-6-11/h7,10-11,17H,3-6H2,1-2H3. The van der Waals surface area contributed by atoms with Crippen LogP contribution in [0.4, 0.5) is 0 Å². The van der Waals surface area contributed by atoms with Crippen LogP contribution in [0.5, 0.6) is 5.88 Å². The van der Waals surface area contributed by atoms with Crippen LogP contribution in [0.3, 0.4) is 0 Å². The van der Waals surface area contributed by atoms with E-state index in [1.54, 1.807) is 17.7 Å². The summed E-state index contributed by atoms with van der Waals surface area (Å²) < 4.78 is 6.06. The molecule has 2 aromatic heterocycles. The third kappa shape index (κ3) is 2.44. The van der Waals surface area contributed by atoms with E-state index in [2.05, 4.69) is 23.8 Å². The van der Waals surface area contributed by atoms with Gasteiger partial charge >= 0.3 is 0 Å². The lowest BCUT2D eigenvalue weighted by molar-refractivity contribution is 0.0651. The molecule has 1 N–H and O–H groups in total. The molecule has 0 unspecified atom stereocenters. The summed E-state index contributed by atoms with van der Waals surface area (Å²) in [6.07, 6.45) is 5.02. The molecule has 2 heterocycles. The molecule has 1 aliphatic rings. The van der Waals surface area contributed by atoms with Gasteiger partial charge in [-0.1, -0.05) is 0 Å². The Balaban J connectivity index is 1.88. The molecule has 0 aliphatic heterocycles. The first-order valence-electron chi connectivity index (χ1n) is 6.70. The highest BCUT2D eigenvalue weighted by atomic mass is 32.1. The van der Waals surface area contributed by atoms with Crippen molar-refractivity contribution in [2.45, 2.75) is 51.7 Å². The number of rotatable bonds is 2. The fourth-order valence-corrected chi connectivity index (χ4v) is 3.55. The highest BCUT2D eigenvalue weighted by molar-refractivity contribution is 7.18. The van der Waals surface area contributed by atoms with E-state index in [0.29, 0.717) is 5.88 Å². The second-order valence-electron chi connectivity index (χ2n) is 5.19. The van der Waals surface area contributed by atoms with Crippen LogP contribution < -0.4 is 4.74 Å². The number of aryl methyl sites for hydroxylation is 2. The van der Waals surface area contributed by atoms with Crippen molar-refractivity contribution in [1.82, 2.24) is 9.97 Å². The number of aliphatic hydroxyl groups is 1. The predicted octanol–water partition coefficient (Wildman–Crippen LogP) is 2.99. The first-order chi connectivity index (χ1) is 9.15. The van der Waals surface area contributed by atoms with Gasteiger partial charge in [-0.2, -0.15) is 0 Å². The Kier molecular flexibility index (Phi) is 3.41. The summed E-state index contributed by atoms with van der Waals surface area (Å²) in [5, 5.41) is 10.6. The zero-order valence-electron chi connectivity index (χ0n) is 11.2. The number of hydrogen-bond donors (Lipinski definition) is 1. The number of ether oxygens (including phenoxy) is 1. The molecule has 0 radical (unpaired) electrons. The smallest absolute Gasteiger partial charge is 0.225 e. The zero-order chi connectivity index (χ0) is 13.4. The van der Waals surface area contributed by atoms with Gasteiger partial charge in [-0.25, -0.2) is 9.97 Å². The molecule has 1 saturated carbocycles. The largest absolute Gasteiger partial charge is 0.474 e. The summed E-state index contributed by atoms with van der Waals surface area (Å²) in [7, 11) is 0. The third-order valence-corrected chi connectivity index (χ3v) is 4.97. The lowest BCUT2D eigenvalue weighted by atomic mass is 9.95. The Morgan fingerprint density at radius 2 is 1.95 bits per heavy atom. The van der Waals surface area contributed by atoms with Gasteiger partial charge in [0.05, 0.1) is 11.5 Å². The Morgan fingerprint density at radius 1 is 1.21 bits per heavy atom. The molecule has 0 saturated heterocycles. The lowest BCUT2D eigenvalue weighted by Crippen LogP contribution is -2.26. The molecule has 5 heteroatoms. The van der Waals surface area contributed by atoms with Crippen LogP contribution in [0.25, 0.3) is 10.2 Å². The van der Waals surface area contributed by atoms with Gasteiger partial charge in [0, 0.05) is 4.88 Å². The van der Waals surface area contributed by atoms with Crippen molar-refractivity contribution in [1.29, 1.82) is 0 Å². The van der Waals surface area contributed by atoms with E-state index in [1.807, 2.05) is 0 Å². The SMILES string of the molecule is Cc1sc2ncnc(OC3CCC(O)CC3)c2c1C. The molecular weight excluding hydrogens is 260 g/mol. The van der Waals surface area contributed by atoms with E-state index >= 15 is 0 Å². The predicted molar refractivity (Wildman–Crippen MR) is 75.8 cm³/mol. The molecule has 102 valence electrons. The Bertz CT molecular complexity index is 588. The Hall–Kier alpha value is -1.20. The maximum atomic E-state index is 9.53. The van der Waals surface area contributed by atoms with E-state index < -0.39 is 0 Å². The van der Waals surface area contributed by atoms with Gasteiger partial charge in [0.2, 0.25) is 5.88 Å². The maximum Gasteiger partial charge on any atom is 0.225 e. The normalized spacial score (nSPS) is 23.7. The van der Waals surface area contributed by atoms with Gasteiger partial charge in [-0.05, 0) is 45.1 Å². The van der Waals surface area contributed by atoms with Crippen LogP contribution in [0.2, 0.25) is 0 Å². The minimum absolute atomic E-state index is 0.157. The highest BCUT2D eigenvalue weighted by Crippen LogP contribution is 2.35. The molecule has 1 aliphatic carbocycles. The average Bonchev–Trinajstić information content (AvgIpc) is 2.69. The van der Waals surface area contributed by atoms with Crippen molar-refractivity contribution in [3.05, 3.63) is 16.8 Å². The van der Waals surface area contributed by atoms with Gasteiger partial charge in [0.15, 0.2) is 0 Å². The number of nitrogens with zero attached hydrogens (tertiary/aromatic N) is 2. The van der Waals surface area contributed by atoms with E-state index in [4.69, 9.17) is 4.74 Å². The van der Waals surface area contributed by atoms with Crippen LogP contribution >= 0.6 is 11.3 Å². The van der Waals surface area contributed by atoms with Crippen molar-refractivity contribution >= 4 is 21.6 Å². The monoisotopic (exact) mass is 278 g/mol. The van der Waals surface area contributed by atoms with Crippen molar-refractivity contribution in [2.24, 2.45) is 0 Å². The van der Waals surface area contributed by atoms with Gasteiger partial charge in [-0.15, -0.1) is 11.3 Å². The number of hydrogen-bond acceptors (Lipinski definition) is 5. The highest BCUT2D eigenvalue weighted by Gasteiger charge is 2.22. The number of fused-ring (bicyclic) bond motifs is 1. The van der Waals surface area contributed by atoms with Gasteiger partial charge < -0.3 is 9.84 Å². The summed E-state index contributed by atoms with van der Waals surface area (Å²) in [6.45, 7) is 4.19. The molecule has 0 aromatic carbocycles. The average molecular weight is 278 g/mol. The third-order valence-electron chi connectivity index (χ3n) is 3.85. The molecule has 2 aromatic rings. The van der Waals surface area contributed by atoms with Crippen LogP contribution in [0, 0.1) is 13.8 Å². The van der Waals surface area contributed by atoms with Gasteiger partial charge in [0.25, 0.3) is 0 Å². The van der Waals surface area contributed by atoms with Crippen molar-refractivity contribution in [3.8, 4) is 5.88 Å². The summed E-state index contributed by atoms with van der Waals surface area (Å²) in [6, 6.07) is 0. The topological polar surface area (TPSA) is 55.2 Å². The van der Waals surface area contributed by atoms with Gasteiger partial charge in [0.1, 0.15) is 17.3 Å².